The number of aryl methyl sites for hydroxylation is 1. The summed E-state index contributed by atoms with van der Waals surface area (Å²) in [4.78, 5) is 2.26. The van der Waals surface area contributed by atoms with Crippen LogP contribution < -0.4 is 0 Å². The van der Waals surface area contributed by atoms with Crippen LogP contribution in [0.4, 0.5) is 4.39 Å². The third-order valence-corrected chi connectivity index (χ3v) is 4.23. The van der Waals surface area contributed by atoms with E-state index in [0.29, 0.717) is 16.6 Å². The fourth-order valence-electron chi connectivity index (χ4n) is 2.85. The first-order chi connectivity index (χ1) is 9.08. The Balaban J connectivity index is 2.12. The van der Waals surface area contributed by atoms with Gasteiger partial charge in [0.2, 0.25) is 0 Å². The molecule has 19 heavy (non-hydrogen) atoms. The number of likely N-dealkylation sites (N-methyl/N-ethyl adjacent to an activating group) is 1. The number of aromatic nitrogens is 3. The minimum Gasteiger partial charge on any atom is -0.324 e. The molecule has 0 unspecified atom stereocenters. The number of likely N-dealkylation sites (tertiary alicyclic amines) is 1. The minimum absolute atomic E-state index is 0.251. The molecule has 0 bridgehead atoms. The molecule has 2 aromatic rings. The summed E-state index contributed by atoms with van der Waals surface area (Å²) in [6, 6.07) is 0.251. The van der Waals surface area contributed by atoms with Crippen LogP contribution in [0.15, 0.2) is 6.20 Å². The zero-order valence-electron chi connectivity index (χ0n) is 11.0. The van der Waals surface area contributed by atoms with Gasteiger partial charge in [-0.3, -0.25) is 0 Å². The molecule has 1 saturated heterocycles. The van der Waals surface area contributed by atoms with E-state index in [4.69, 9.17) is 11.6 Å². The average molecular weight is 283 g/mol. The molecule has 1 aliphatic heterocycles. The number of rotatable bonds is 1. The monoisotopic (exact) mass is 282 g/mol. The molecule has 0 spiro atoms. The maximum Gasteiger partial charge on any atom is 0.166 e. The van der Waals surface area contributed by atoms with Crippen molar-refractivity contribution in [3.63, 3.8) is 0 Å². The summed E-state index contributed by atoms with van der Waals surface area (Å²) >= 11 is 5.92. The Labute approximate surface area is 116 Å². The van der Waals surface area contributed by atoms with Gasteiger partial charge < -0.3 is 9.47 Å². The van der Waals surface area contributed by atoms with E-state index >= 15 is 0 Å². The largest absolute Gasteiger partial charge is 0.324 e. The highest BCUT2D eigenvalue weighted by Crippen LogP contribution is 2.30. The summed E-state index contributed by atoms with van der Waals surface area (Å²) in [5.74, 6) is -0.266. The predicted molar refractivity (Wildman–Crippen MR) is 73.0 cm³/mol. The Hall–Kier alpha value is -1.20. The lowest BCUT2D eigenvalue weighted by Gasteiger charge is -2.30. The molecular weight excluding hydrogens is 267 g/mol. The number of hydrogen-bond acceptors (Lipinski definition) is 3. The molecule has 3 rings (SSSR count). The highest BCUT2D eigenvalue weighted by atomic mass is 35.5. The van der Waals surface area contributed by atoms with Crippen molar-refractivity contribution in [3.8, 4) is 0 Å². The van der Waals surface area contributed by atoms with E-state index in [0.717, 1.165) is 25.9 Å². The molecular formula is C13H16ClFN4. The molecule has 1 aliphatic rings. The van der Waals surface area contributed by atoms with E-state index in [1.165, 1.54) is 6.20 Å². The van der Waals surface area contributed by atoms with Crippen LogP contribution in [-0.2, 0) is 0 Å². The molecule has 0 radical (unpaired) electrons. The quantitative estimate of drug-likeness (QED) is 0.806. The maximum atomic E-state index is 14.1. The van der Waals surface area contributed by atoms with Gasteiger partial charge in [-0.1, -0.05) is 11.6 Å². The summed E-state index contributed by atoms with van der Waals surface area (Å²) in [5, 5.41) is 8.76. The van der Waals surface area contributed by atoms with Crippen molar-refractivity contribution in [2.24, 2.45) is 0 Å². The Kier molecular flexibility index (Phi) is 3.19. The predicted octanol–water partition coefficient (Wildman–Crippen LogP) is 2.80. The number of halogens is 2. The lowest BCUT2D eigenvalue weighted by atomic mass is 10.1. The second-order valence-corrected chi connectivity index (χ2v) is 5.62. The summed E-state index contributed by atoms with van der Waals surface area (Å²) in [7, 11) is 2.09. The fraction of sp³-hybridized carbons (Fsp3) is 0.538. The van der Waals surface area contributed by atoms with E-state index in [-0.39, 0.29) is 17.0 Å². The van der Waals surface area contributed by atoms with Crippen molar-refractivity contribution in [3.05, 3.63) is 22.7 Å². The number of piperidine rings is 1. The SMILES string of the molecule is Cc1c(Cl)nnc2c1c(F)cn2[C@@H]1CCCN(C)C1. The third kappa shape index (κ3) is 2.11. The fourth-order valence-corrected chi connectivity index (χ4v) is 2.98. The molecule has 1 atom stereocenters. The Morgan fingerprint density at radius 3 is 2.95 bits per heavy atom. The van der Waals surface area contributed by atoms with Gasteiger partial charge >= 0.3 is 0 Å². The highest BCUT2D eigenvalue weighted by molar-refractivity contribution is 6.30. The molecule has 102 valence electrons. The van der Waals surface area contributed by atoms with E-state index in [9.17, 15) is 4.39 Å². The van der Waals surface area contributed by atoms with Gasteiger partial charge in [0.25, 0.3) is 0 Å². The van der Waals surface area contributed by atoms with Crippen LogP contribution in [0.2, 0.25) is 5.15 Å². The second-order valence-electron chi connectivity index (χ2n) is 5.26. The van der Waals surface area contributed by atoms with Crippen molar-refractivity contribution < 1.29 is 4.39 Å². The van der Waals surface area contributed by atoms with Crippen molar-refractivity contribution in [1.82, 2.24) is 19.7 Å². The summed E-state index contributed by atoms with van der Waals surface area (Å²) < 4.78 is 16.1. The van der Waals surface area contributed by atoms with Crippen LogP contribution in [0.1, 0.15) is 24.4 Å². The summed E-state index contributed by atoms with van der Waals surface area (Å²) in [6.45, 7) is 3.78. The van der Waals surface area contributed by atoms with Gasteiger partial charge in [0.15, 0.2) is 16.6 Å². The minimum atomic E-state index is -0.266. The van der Waals surface area contributed by atoms with Gasteiger partial charge in [0.1, 0.15) is 0 Å². The van der Waals surface area contributed by atoms with Crippen LogP contribution in [0.3, 0.4) is 0 Å². The van der Waals surface area contributed by atoms with Crippen LogP contribution in [-0.4, -0.2) is 39.8 Å². The third-order valence-electron chi connectivity index (χ3n) is 3.87. The lowest BCUT2D eigenvalue weighted by Crippen LogP contribution is -2.33. The van der Waals surface area contributed by atoms with Crippen molar-refractivity contribution in [2.75, 3.05) is 20.1 Å². The summed E-state index contributed by atoms with van der Waals surface area (Å²) in [5.41, 5.74) is 1.26. The van der Waals surface area contributed by atoms with Crippen LogP contribution >= 0.6 is 11.6 Å². The smallest absolute Gasteiger partial charge is 0.166 e. The Morgan fingerprint density at radius 2 is 2.21 bits per heavy atom. The maximum absolute atomic E-state index is 14.1. The van der Waals surface area contributed by atoms with Gasteiger partial charge in [-0.2, -0.15) is 0 Å². The molecule has 0 aromatic carbocycles. The first-order valence-electron chi connectivity index (χ1n) is 6.45. The van der Waals surface area contributed by atoms with E-state index in [1.807, 2.05) is 4.57 Å². The van der Waals surface area contributed by atoms with E-state index in [2.05, 4.69) is 22.1 Å². The molecule has 3 heterocycles. The number of nitrogens with zero attached hydrogens (tertiary/aromatic N) is 4. The summed E-state index contributed by atoms with van der Waals surface area (Å²) in [6.07, 6.45) is 3.69. The normalized spacial score (nSPS) is 21.2. The Morgan fingerprint density at radius 1 is 1.42 bits per heavy atom. The van der Waals surface area contributed by atoms with Gasteiger partial charge in [0.05, 0.1) is 5.39 Å². The van der Waals surface area contributed by atoms with Crippen molar-refractivity contribution in [1.29, 1.82) is 0 Å². The molecule has 0 aliphatic carbocycles. The number of fused-ring (bicyclic) bond motifs is 1. The number of hydrogen-bond donors (Lipinski definition) is 0. The average Bonchev–Trinajstić information content (AvgIpc) is 2.72. The van der Waals surface area contributed by atoms with E-state index < -0.39 is 0 Å². The molecule has 4 nitrogen and oxygen atoms in total. The second kappa shape index (κ2) is 4.72. The van der Waals surface area contributed by atoms with Crippen LogP contribution in [0, 0.1) is 12.7 Å². The Bertz CT molecular complexity index is 625. The molecule has 2 aromatic heterocycles. The molecule has 6 heteroatoms. The zero-order chi connectivity index (χ0) is 13.6. The van der Waals surface area contributed by atoms with Gasteiger partial charge in [-0.15, -0.1) is 10.2 Å². The van der Waals surface area contributed by atoms with Crippen LogP contribution in [0.25, 0.3) is 11.0 Å². The van der Waals surface area contributed by atoms with Crippen LogP contribution in [0.5, 0.6) is 0 Å². The highest BCUT2D eigenvalue weighted by Gasteiger charge is 2.23. The molecule has 1 fully saturated rings. The van der Waals surface area contributed by atoms with Gasteiger partial charge in [-0.25, -0.2) is 4.39 Å². The lowest BCUT2D eigenvalue weighted by molar-refractivity contribution is 0.214. The van der Waals surface area contributed by atoms with Gasteiger partial charge in [0, 0.05) is 24.3 Å². The molecule has 0 saturated carbocycles. The zero-order valence-corrected chi connectivity index (χ0v) is 11.8. The van der Waals surface area contributed by atoms with Crippen molar-refractivity contribution >= 4 is 22.6 Å². The van der Waals surface area contributed by atoms with E-state index in [1.54, 1.807) is 6.92 Å². The standard InChI is InChI=1S/C13H16ClFN4/c1-8-11-10(15)7-19(13(11)17-16-12(8)14)9-4-3-5-18(2)6-9/h7,9H,3-6H2,1-2H3/t9-/m1/s1. The topological polar surface area (TPSA) is 34.0 Å². The first-order valence-corrected chi connectivity index (χ1v) is 6.83. The first kappa shape index (κ1) is 12.8. The van der Waals surface area contributed by atoms with Gasteiger partial charge in [-0.05, 0) is 33.4 Å². The molecule has 0 amide bonds. The van der Waals surface area contributed by atoms with Crippen molar-refractivity contribution in [2.45, 2.75) is 25.8 Å². The molecule has 0 N–H and O–H groups in total.